The quantitative estimate of drug-likeness (QED) is 0.814. The Labute approximate surface area is 108 Å². The van der Waals surface area contributed by atoms with Crippen molar-refractivity contribution < 1.29 is 9.50 Å². The topological polar surface area (TPSA) is 32.3 Å². The summed E-state index contributed by atoms with van der Waals surface area (Å²) in [7, 11) is 0. The molecule has 18 heavy (non-hydrogen) atoms. The van der Waals surface area contributed by atoms with Gasteiger partial charge in [-0.1, -0.05) is 32.0 Å². The number of hydrogen-bond donors (Lipinski definition) is 2. The van der Waals surface area contributed by atoms with Gasteiger partial charge in [-0.3, -0.25) is 0 Å². The number of halogens is 1. The summed E-state index contributed by atoms with van der Waals surface area (Å²) in [6.45, 7) is 5.87. The molecule has 1 aromatic carbocycles. The minimum absolute atomic E-state index is 0.102. The number of benzene rings is 1. The molecule has 1 aliphatic carbocycles. The van der Waals surface area contributed by atoms with E-state index in [-0.39, 0.29) is 23.3 Å². The summed E-state index contributed by atoms with van der Waals surface area (Å²) < 4.78 is 13.8. The van der Waals surface area contributed by atoms with Crippen LogP contribution in [0.1, 0.15) is 32.3 Å². The molecule has 0 aliphatic heterocycles. The Bertz CT molecular complexity index is 413. The van der Waals surface area contributed by atoms with E-state index in [1.54, 1.807) is 6.07 Å². The van der Waals surface area contributed by atoms with Crippen molar-refractivity contribution in [3.8, 4) is 0 Å². The van der Waals surface area contributed by atoms with Gasteiger partial charge in [0.2, 0.25) is 0 Å². The fourth-order valence-electron chi connectivity index (χ4n) is 2.31. The van der Waals surface area contributed by atoms with E-state index >= 15 is 0 Å². The first-order chi connectivity index (χ1) is 8.49. The largest absolute Gasteiger partial charge is 0.396 e. The molecule has 1 aliphatic rings. The van der Waals surface area contributed by atoms with Gasteiger partial charge >= 0.3 is 0 Å². The fraction of sp³-hybridized carbons (Fsp3) is 0.600. The first-order valence-electron chi connectivity index (χ1n) is 6.56. The van der Waals surface area contributed by atoms with Crippen molar-refractivity contribution in [2.75, 3.05) is 19.7 Å². The summed E-state index contributed by atoms with van der Waals surface area (Å²) in [6, 6.07) is 6.94. The van der Waals surface area contributed by atoms with Crippen molar-refractivity contribution in [1.29, 1.82) is 0 Å². The maximum absolute atomic E-state index is 13.8. The van der Waals surface area contributed by atoms with E-state index in [9.17, 15) is 9.50 Å². The molecule has 0 aromatic heterocycles. The highest BCUT2D eigenvalue weighted by Gasteiger charge is 2.41. The molecule has 0 radical (unpaired) electrons. The lowest BCUT2D eigenvalue weighted by molar-refractivity contribution is 0.205. The SMILES string of the molecule is CC(C)(CNCC1(CO)CC1)c1ccccc1F. The summed E-state index contributed by atoms with van der Waals surface area (Å²) in [5.74, 6) is -0.146. The molecule has 0 spiro atoms. The van der Waals surface area contributed by atoms with Crippen LogP contribution in [0.2, 0.25) is 0 Å². The monoisotopic (exact) mass is 251 g/mol. The van der Waals surface area contributed by atoms with Crippen LogP contribution >= 0.6 is 0 Å². The van der Waals surface area contributed by atoms with Crippen LogP contribution in [0.5, 0.6) is 0 Å². The third-order valence-corrected chi connectivity index (χ3v) is 3.96. The van der Waals surface area contributed by atoms with E-state index in [2.05, 4.69) is 5.32 Å². The number of hydrogen-bond acceptors (Lipinski definition) is 2. The van der Waals surface area contributed by atoms with Gasteiger partial charge in [0.25, 0.3) is 0 Å². The third kappa shape index (κ3) is 2.90. The summed E-state index contributed by atoms with van der Waals surface area (Å²) in [5.41, 5.74) is 0.605. The molecule has 0 heterocycles. The minimum atomic E-state index is -0.239. The van der Waals surface area contributed by atoms with Crippen molar-refractivity contribution in [2.24, 2.45) is 5.41 Å². The Balaban J connectivity index is 1.93. The van der Waals surface area contributed by atoms with Crippen molar-refractivity contribution in [3.05, 3.63) is 35.6 Å². The van der Waals surface area contributed by atoms with Crippen LogP contribution in [0.3, 0.4) is 0 Å². The highest BCUT2D eigenvalue weighted by atomic mass is 19.1. The Morgan fingerprint density at radius 1 is 1.33 bits per heavy atom. The molecule has 0 amide bonds. The normalized spacial score (nSPS) is 17.8. The second-order valence-corrected chi connectivity index (χ2v) is 6.13. The third-order valence-electron chi connectivity index (χ3n) is 3.96. The Kier molecular flexibility index (Phi) is 3.74. The van der Waals surface area contributed by atoms with Crippen molar-refractivity contribution >= 4 is 0 Å². The number of nitrogens with one attached hydrogen (secondary N) is 1. The van der Waals surface area contributed by atoms with Gasteiger partial charge in [0.1, 0.15) is 5.82 Å². The molecule has 1 saturated carbocycles. The van der Waals surface area contributed by atoms with E-state index in [4.69, 9.17) is 0 Å². The molecular formula is C15H22FNO. The van der Waals surface area contributed by atoms with Crippen LogP contribution in [-0.4, -0.2) is 24.8 Å². The van der Waals surface area contributed by atoms with Gasteiger partial charge in [-0.25, -0.2) is 4.39 Å². The van der Waals surface area contributed by atoms with Crippen LogP contribution in [0.25, 0.3) is 0 Å². The minimum Gasteiger partial charge on any atom is -0.396 e. The predicted octanol–water partition coefficient (Wildman–Crippen LogP) is 2.47. The van der Waals surface area contributed by atoms with E-state index < -0.39 is 0 Å². The highest BCUT2D eigenvalue weighted by molar-refractivity contribution is 5.25. The lowest BCUT2D eigenvalue weighted by Crippen LogP contribution is -2.37. The van der Waals surface area contributed by atoms with Crippen molar-refractivity contribution in [2.45, 2.75) is 32.1 Å². The maximum atomic E-state index is 13.8. The molecular weight excluding hydrogens is 229 g/mol. The van der Waals surface area contributed by atoms with Gasteiger partial charge in [-0.15, -0.1) is 0 Å². The van der Waals surface area contributed by atoms with Crippen LogP contribution in [0.15, 0.2) is 24.3 Å². The van der Waals surface area contributed by atoms with Crippen LogP contribution in [0.4, 0.5) is 4.39 Å². The zero-order chi connectivity index (χ0) is 13.2. The summed E-state index contributed by atoms with van der Waals surface area (Å²) in [4.78, 5) is 0. The van der Waals surface area contributed by atoms with Gasteiger partial charge in [-0.2, -0.15) is 0 Å². The van der Waals surface area contributed by atoms with Gasteiger partial charge < -0.3 is 10.4 Å². The molecule has 1 aromatic rings. The number of aliphatic hydroxyl groups excluding tert-OH is 1. The van der Waals surface area contributed by atoms with Gasteiger partial charge in [0, 0.05) is 30.5 Å². The lowest BCUT2D eigenvalue weighted by atomic mass is 9.84. The predicted molar refractivity (Wildman–Crippen MR) is 71.0 cm³/mol. The average molecular weight is 251 g/mol. The van der Waals surface area contributed by atoms with Gasteiger partial charge in [0.05, 0.1) is 0 Å². The Morgan fingerprint density at radius 2 is 2.00 bits per heavy atom. The van der Waals surface area contributed by atoms with Crippen molar-refractivity contribution in [1.82, 2.24) is 5.32 Å². The summed E-state index contributed by atoms with van der Waals surface area (Å²) in [5, 5.41) is 12.6. The first-order valence-corrected chi connectivity index (χ1v) is 6.56. The molecule has 2 N–H and O–H groups in total. The van der Waals surface area contributed by atoms with Crippen molar-refractivity contribution in [3.63, 3.8) is 0 Å². The van der Waals surface area contributed by atoms with E-state index in [0.29, 0.717) is 0 Å². The molecule has 3 heteroatoms. The van der Waals surface area contributed by atoms with Crippen LogP contribution in [0, 0.1) is 11.2 Å². The summed E-state index contributed by atoms with van der Waals surface area (Å²) in [6.07, 6.45) is 2.19. The van der Waals surface area contributed by atoms with Gasteiger partial charge in [-0.05, 0) is 24.5 Å². The second-order valence-electron chi connectivity index (χ2n) is 6.13. The first kappa shape index (κ1) is 13.5. The van der Waals surface area contributed by atoms with Crippen LogP contribution < -0.4 is 5.32 Å². The zero-order valence-corrected chi connectivity index (χ0v) is 11.2. The smallest absolute Gasteiger partial charge is 0.126 e. The molecule has 2 nitrogen and oxygen atoms in total. The second kappa shape index (κ2) is 4.98. The molecule has 0 bridgehead atoms. The maximum Gasteiger partial charge on any atom is 0.126 e. The summed E-state index contributed by atoms with van der Waals surface area (Å²) >= 11 is 0. The Morgan fingerprint density at radius 3 is 2.56 bits per heavy atom. The van der Waals surface area contributed by atoms with E-state index in [1.807, 2.05) is 26.0 Å². The number of rotatable bonds is 6. The fourth-order valence-corrected chi connectivity index (χ4v) is 2.31. The Hall–Kier alpha value is -0.930. The molecule has 100 valence electrons. The molecule has 1 fully saturated rings. The highest BCUT2D eigenvalue weighted by Crippen LogP contribution is 2.44. The average Bonchev–Trinajstić information content (AvgIpc) is 3.10. The molecule has 0 unspecified atom stereocenters. The molecule has 0 saturated heterocycles. The molecule has 0 atom stereocenters. The lowest BCUT2D eigenvalue weighted by Gasteiger charge is -2.27. The van der Waals surface area contributed by atoms with Gasteiger partial charge in [0.15, 0.2) is 0 Å². The zero-order valence-electron chi connectivity index (χ0n) is 11.2. The number of aliphatic hydroxyl groups is 1. The van der Waals surface area contributed by atoms with Crippen LogP contribution in [-0.2, 0) is 5.41 Å². The van der Waals surface area contributed by atoms with E-state index in [0.717, 1.165) is 31.5 Å². The molecule has 2 rings (SSSR count). The van der Waals surface area contributed by atoms with E-state index in [1.165, 1.54) is 6.07 Å². The standard InChI is InChI=1S/C15H22FNO/c1-14(2,12-5-3-4-6-13(12)16)9-17-10-15(11-18)7-8-15/h3-6,17-18H,7-11H2,1-2H3.